The van der Waals surface area contributed by atoms with Crippen LogP contribution in [0.4, 0.5) is 0 Å². The van der Waals surface area contributed by atoms with Gasteiger partial charge in [-0.2, -0.15) is 0 Å². The van der Waals surface area contributed by atoms with E-state index >= 15 is 0 Å². The second kappa shape index (κ2) is 24.1. The summed E-state index contributed by atoms with van der Waals surface area (Å²) in [6.45, 7) is 13.8. The molecule has 0 aliphatic carbocycles. The Labute approximate surface area is 293 Å². The summed E-state index contributed by atoms with van der Waals surface area (Å²) in [6, 6.07) is 0. The second-order valence-corrected chi connectivity index (χ2v) is 12.5. The van der Waals surface area contributed by atoms with Crippen LogP contribution in [0.3, 0.4) is 0 Å². The molecule has 0 aromatic heterocycles. The van der Waals surface area contributed by atoms with Gasteiger partial charge in [0.25, 0.3) is 5.91 Å². The van der Waals surface area contributed by atoms with Crippen LogP contribution in [0.15, 0.2) is 107 Å². The van der Waals surface area contributed by atoms with Crippen molar-refractivity contribution in [3.63, 3.8) is 0 Å². The third-order valence-corrected chi connectivity index (χ3v) is 7.88. The minimum Gasteiger partial charge on any atom is -0.454 e. The van der Waals surface area contributed by atoms with Gasteiger partial charge in [-0.05, 0) is 65.4 Å². The highest BCUT2D eigenvalue weighted by atomic mass is 16.5. The number of rotatable bonds is 9. The van der Waals surface area contributed by atoms with Crippen molar-refractivity contribution >= 4 is 18.3 Å². The fourth-order valence-electron chi connectivity index (χ4n) is 4.87. The number of allylic oxidation sites excluding steroid dienone is 11. The molecule has 49 heavy (non-hydrogen) atoms. The first kappa shape index (κ1) is 43.0. The number of hydrogen-bond acceptors (Lipinski definition) is 7. The summed E-state index contributed by atoms with van der Waals surface area (Å²) in [7, 11) is 3.41. The first-order valence-corrected chi connectivity index (χ1v) is 16.8. The lowest BCUT2D eigenvalue weighted by Crippen LogP contribution is -2.43. The molecule has 9 nitrogen and oxygen atoms in total. The summed E-state index contributed by atoms with van der Waals surface area (Å²) >= 11 is 0. The van der Waals surface area contributed by atoms with Crippen LogP contribution in [0, 0.1) is 11.8 Å². The topological polar surface area (TPSA) is 123 Å². The van der Waals surface area contributed by atoms with E-state index in [4.69, 9.17) is 14.2 Å². The van der Waals surface area contributed by atoms with Gasteiger partial charge in [0.15, 0.2) is 0 Å². The Morgan fingerprint density at radius 2 is 1.69 bits per heavy atom. The number of esters is 1. The molecule has 1 aliphatic rings. The van der Waals surface area contributed by atoms with Crippen molar-refractivity contribution < 1.29 is 33.7 Å². The van der Waals surface area contributed by atoms with Gasteiger partial charge in [0.1, 0.15) is 6.10 Å². The SMILES string of the molecule is CO[C@@H]1/C=C(C)/C=C/[C@@H](C)/C=C(\C)C(=O)O[C@H](/C(C)=C/C=C(\C)CNC(=O)[C@H](O)NC=O)[C@@H](C)/C=C/C=C/[C@@H](OC)CC/C=C(C)\C=C\C1. The van der Waals surface area contributed by atoms with Gasteiger partial charge in [-0.1, -0.05) is 110 Å². The van der Waals surface area contributed by atoms with E-state index in [1.54, 1.807) is 21.1 Å². The van der Waals surface area contributed by atoms with Gasteiger partial charge >= 0.3 is 5.97 Å². The van der Waals surface area contributed by atoms with Gasteiger partial charge in [0.05, 0.1) is 12.2 Å². The molecule has 1 rings (SSSR count). The van der Waals surface area contributed by atoms with Crippen LogP contribution in [0.25, 0.3) is 0 Å². The number of carbonyl (C=O) groups is 3. The molecule has 0 saturated heterocycles. The zero-order valence-electron chi connectivity index (χ0n) is 30.8. The number of ether oxygens (including phenoxy) is 3. The molecule has 6 atom stereocenters. The first-order chi connectivity index (χ1) is 23.3. The van der Waals surface area contributed by atoms with Crippen LogP contribution in [-0.2, 0) is 28.6 Å². The largest absolute Gasteiger partial charge is 0.454 e. The molecule has 0 aromatic carbocycles. The maximum atomic E-state index is 13.4. The summed E-state index contributed by atoms with van der Waals surface area (Å²) in [5, 5.41) is 14.1. The van der Waals surface area contributed by atoms with Crippen LogP contribution < -0.4 is 10.6 Å². The third-order valence-electron chi connectivity index (χ3n) is 7.88. The maximum absolute atomic E-state index is 13.4. The van der Waals surface area contributed by atoms with Crippen LogP contribution >= 0.6 is 0 Å². The van der Waals surface area contributed by atoms with E-state index in [9.17, 15) is 19.5 Å². The Kier molecular flexibility index (Phi) is 21.2. The quantitative estimate of drug-likeness (QED) is 0.110. The van der Waals surface area contributed by atoms with Gasteiger partial charge in [0, 0.05) is 32.3 Å². The lowest BCUT2D eigenvalue weighted by Gasteiger charge is -2.23. The molecule has 9 heteroatoms. The molecule has 1 aliphatic heterocycles. The number of amides is 2. The van der Waals surface area contributed by atoms with E-state index in [2.05, 4.69) is 36.5 Å². The Hall–Kier alpha value is -4.05. The Morgan fingerprint density at radius 3 is 2.37 bits per heavy atom. The van der Waals surface area contributed by atoms with Gasteiger partial charge in [-0.25, -0.2) is 4.79 Å². The Balaban J connectivity index is 3.39. The molecule has 0 bridgehead atoms. The molecule has 270 valence electrons. The lowest BCUT2D eigenvalue weighted by atomic mass is 9.96. The Bertz CT molecular complexity index is 1350. The highest BCUT2D eigenvalue weighted by molar-refractivity contribution is 5.88. The van der Waals surface area contributed by atoms with Crippen molar-refractivity contribution in [1.82, 2.24) is 10.6 Å². The molecular formula is C40H58N2O7. The van der Waals surface area contributed by atoms with Crippen LogP contribution in [0.5, 0.6) is 0 Å². The van der Waals surface area contributed by atoms with Crippen molar-refractivity contribution in [2.45, 2.75) is 92.3 Å². The molecule has 0 unspecified atom stereocenters. The van der Waals surface area contributed by atoms with E-state index in [1.165, 1.54) is 5.57 Å². The molecule has 0 radical (unpaired) electrons. The summed E-state index contributed by atoms with van der Waals surface area (Å²) in [5.41, 5.74) is 4.37. The summed E-state index contributed by atoms with van der Waals surface area (Å²) in [5.74, 6) is -1.31. The number of aliphatic hydroxyl groups excluding tert-OH is 1. The normalized spacial score (nSPS) is 30.7. The number of nitrogens with one attached hydrogen (secondary N) is 2. The fraction of sp³-hybridized carbons (Fsp3) is 0.475. The predicted molar refractivity (Wildman–Crippen MR) is 197 cm³/mol. The van der Waals surface area contributed by atoms with Crippen molar-refractivity contribution in [3.8, 4) is 0 Å². The zero-order valence-corrected chi connectivity index (χ0v) is 30.8. The van der Waals surface area contributed by atoms with E-state index < -0.39 is 24.2 Å². The molecule has 0 saturated carbocycles. The summed E-state index contributed by atoms with van der Waals surface area (Å²) in [4.78, 5) is 35.8. The molecule has 0 spiro atoms. The molecule has 0 aromatic rings. The standard InChI is InChI=1S/C40H58N2O7/c1-28-14-12-18-35(47-8)17-11-10-16-32(5)37(33(6)23-22-31(4)26-41-38(44)39(45)42-27-43)49-40(46)34(7)24-29(2)20-21-30(3)25-36(48-9)19-13-15-28/h10-11,13-17,20-25,27,29,32,35-37,39,45H,12,18-19,26H2,1-9H3,(H,41,44)(H,42,43)/b15-13+,16-10+,17-11+,21-20+,28-14-,30-25+,31-22+,33-23+,34-24+/t29-,32+,35-,36+,37+,39+/m1/s1. The van der Waals surface area contributed by atoms with Crippen molar-refractivity contribution in [2.75, 3.05) is 20.8 Å². The second-order valence-electron chi connectivity index (χ2n) is 12.5. The first-order valence-electron chi connectivity index (χ1n) is 16.8. The zero-order chi connectivity index (χ0) is 36.8. The fourth-order valence-corrected chi connectivity index (χ4v) is 4.87. The summed E-state index contributed by atoms with van der Waals surface area (Å²) < 4.78 is 17.5. The lowest BCUT2D eigenvalue weighted by molar-refractivity contribution is -0.144. The Morgan fingerprint density at radius 1 is 1.00 bits per heavy atom. The van der Waals surface area contributed by atoms with E-state index in [-0.39, 0.29) is 37.0 Å². The highest BCUT2D eigenvalue weighted by Crippen LogP contribution is 2.21. The number of carbonyl (C=O) groups excluding carboxylic acids is 3. The number of aliphatic hydroxyl groups is 1. The molecular weight excluding hydrogens is 620 g/mol. The minimum atomic E-state index is -1.62. The highest BCUT2D eigenvalue weighted by Gasteiger charge is 2.22. The molecule has 0 fully saturated rings. The van der Waals surface area contributed by atoms with Gasteiger partial charge in [0.2, 0.25) is 12.6 Å². The molecule has 1 heterocycles. The maximum Gasteiger partial charge on any atom is 0.334 e. The van der Waals surface area contributed by atoms with Gasteiger partial charge in [-0.15, -0.1) is 0 Å². The average molecular weight is 679 g/mol. The smallest absolute Gasteiger partial charge is 0.334 e. The molecule has 2 amide bonds. The van der Waals surface area contributed by atoms with Crippen LogP contribution in [0.1, 0.15) is 67.7 Å². The molecule has 3 N–H and O–H groups in total. The van der Waals surface area contributed by atoms with E-state index in [1.807, 2.05) is 94.6 Å². The van der Waals surface area contributed by atoms with Gasteiger partial charge < -0.3 is 30.0 Å². The predicted octanol–water partition coefficient (Wildman–Crippen LogP) is 6.52. The monoisotopic (exact) mass is 678 g/mol. The van der Waals surface area contributed by atoms with Crippen LogP contribution in [0.2, 0.25) is 0 Å². The number of hydrogen-bond donors (Lipinski definition) is 3. The van der Waals surface area contributed by atoms with Crippen LogP contribution in [-0.4, -0.2) is 68.7 Å². The van der Waals surface area contributed by atoms with Crippen molar-refractivity contribution in [1.29, 1.82) is 0 Å². The van der Waals surface area contributed by atoms with E-state index in [0.29, 0.717) is 5.57 Å². The van der Waals surface area contributed by atoms with Gasteiger partial charge in [-0.3, -0.25) is 9.59 Å². The minimum absolute atomic E-state index is 0.0116. The van der Waals surface area contributed by atoms with E-state index in [0.717, 1.165) is 36.0 Å². The van der Waals surface area contributed by atoms with Crippen molar-refractivity contribution in [3.05, 3.63) is 107 Å². The average Bonchev–Trinajstić information content (AvgIpc) is 3.07. The third kappa shape index (κ3) is 18.3. The van der Waals surface area contributed by atoms with Crippen molar-refractivity contribution in [2.24, 2.45) is 11.8 Å². The number of methoxy groups -OCH3 is 2. The number of cyclic esters (lactones) is 1. The summed E-state index contributed by atoms with van der Waals surface area (Å²) in [6.07, 6.45) is 26.6.